The Labute approximate surface area is 107 Å². The summed E-state index contributed by atoms with van der Waals surface area (Å²) in [6.07, 6.45) is 8.71. The molecule has 0 spiro atoms. The van der Waals surface area contributed by atoms with Gasteiger partial charge in [-0.2, -0.15) is 0 Å². The minimum absolute atomic E-state index is 0.220. The van der Waals surface area contributed by atoms with E-state index in [0.717, 1.165) is 32.2 Å². The number of aromatic nitrogens is 1. The predicted molar refractivity (Wildman–Crippen MR) is 68.5 cm³/mol. The fraction of sp³-hybridized carbons (Fsp3) is 0.643. The third-order valence-corrected chi connectivity index (χ3v) is 4.18. The van der Waals surface area contributed by atoms with Crippen molar-refractivity contribution in [2.24, 2.45) is 0 Å². The van der Waals surface area contributed by atoms with Gasteiger partial charge in [0.2, 0.25) is 0 Å². The van der Waals surface area contributed by atoms with Gasteiger partial charge in [0.15, 0.2) is 0 Å². The molecule has 3 rings (SSSR count). The van der Waals surface area contributed by atoms with E-state index in [4.69, 9.17) is 5.11 Å². The van der Waals surface area contributed by atoms with Crippen molar-refractivity contribution < 1.29 is 9.90 Å². The first-order valence-electron chi connectivity index (χ1n) is 6.92. The Bertz CT molecular complexity index is 429. The quantitative estimate of drug-likeness (QED) is 0.842. The van der Waals surface area contributed by atoms with Gasteiger partial charge in [-0.05, 0) is 50.2 Å². The molecule has 0 aliphatic carbocycles. The van der Waals surface area contributed by atoms with Crippen molar-refractivity contribution in [3.63, 3.8) is 0 Å². The lowest BCUT2D eigenvalue weighted by molar-refractivity contribution is -0.140. The first-order valence-corrected chi connectivity index (χ1v) is 6.92. The summed E-state index contributed by atoms with van der Waals surface area (Å²) in [7, 11) is 0. The molecule has 18 heavy (non-hydrogen) atoms. The second kappa shape index (κ2) is 4.76. The average molecular weight is 248 g/mol. The van der Waals surface area contributed by atoms with Crippen LogP contribution in [0.1, 0.15) is 49.4 Å². The summed E-state index contributed by atoms with van der Waals surface area (Å²) in [6.45, 7) is 1.12. The fourth-order valence-electron chi connectivity index (χ4n) is 3.17. The molecule has 0 radical (unpaired) electrons. The van der Waals surface area contributed by atoms with E-state index in [0.29, 0.717) is 0 Å². The van der Waals surface area contributed by atoms with E-state index in [2.05, 4.69) is 22.1 Å². The molecule has 2 aliphatic heterocycles. The number of aliphatic carboxylic acids is 1. The molecule has 4 nitrogen and oxygen atoms in total. The van der Waals surface area contributed by atoms with Crippen LogP contribution in [0.25, 0.3) is 0 Å². The molecule has 98 valence electrons. The van der Waals surface area contributed by atoms with E-state index in [1.54, 1.807) is 0 Å². The number of carbonyl (C=O) groups is 1. The molecule has 0 bridgehead atoms. The highest BCUT2D eigenvalue weighted by Crippen LogP contribution is 2.29. The Morgan fingerprint density at radius 1 is 1.33 bits per heavy atom. The van der Waals surface area contributed by atoms with Gasteiger partial charge < -0.3 is 9.67 Å². The van der Waals surface area contributed by atoms with Gasteiger partial charge in [0.05, 0.1) is 0 Å². The van der Waals surface area contributed by atoms with Crippen LogP contribution in [0.5, 0.6) is 0 Å². The van der Waals surface area contributed by atoms with Gasteiger partial charge in [-0.1, -0.05) is 0 Å². The van der Waals surface area contributed by atoms with E-state index >= 15 is 0 Å². The minimum Gasteiger partial charge on any atom is -0.480 e. The van der Waals surface area contributed by atoms with Crippen molar-refractivity contribution in [3.8, 4) is 0 Å². The summed E-state index contributed by atoms with van der Waals surface area (Å²) >= 11 is 0. The van der Waals surface area contributed by atoms with Crippen LogP contribution in [0.3, 0.4) is 0 Å². The van der Waals surface area contributed by atoms with Crippen molar-refractivity contribution in [1.82, 2.24) is 9.88 Å². The van der Waals surface area contributed by atoms with E-state index < -0.39 is 5.97 Å². The average Bonchev–Trinajstić information content (AvgIpc) is 2.82. The van der Waals surface area contributed by atoms with E-state index in [-0.39, 0.29) is 12.1 Å². The molecule has 2 atom stereocenters. The summed E-state index contributed by atoms with van der Waals surface area (Å²) < 4.78 is 2.34. The second-order valence-electron chi connectivity index (χ2n) is 5.46. The third kappa shape index (κ3) is 2.17. The highest BCUT2D eigenvalue weighted by Gasteiger charge is 2.28. The monoisotopic (exact) mass is 248 g/mol. The number of rotatable bonds is 2. The Balaban J connectivity index is 1.77. The lowest BCUT2D eigenvalue weighted by atomic mass is 9.95. The van der Waals surface area contributed by atoms with Crippen LogP contribution in [-0.4, -0.2) is 21.7 Å². The molecule has 1 aromatic heterocycles. The molecule has 2 unspecified atom stereocenters. The minimum atomic E-state index is -0.719. The van der Waals surface area contributed by atoms with Crippen molar-refractivity contribution in [2.45, 2.75) is 57.2 Å². The summed E-state index contributed by atoms with van der Waals surface area (Å²) in [6, 6.07) is 2.11. The van der Waals surface area contributed by atoms with Crippen LogP contribution in [0.15, 0.2) is 12.3 Å². The van der Waals surface area contributed by atoms with Crippen LogP contribution in [-0.2, 0) is 17.8 Å². The largest absolute Gasteiger partial charge is 0.480 e. The van der Waals surface area contributed by atoms with Crippen molar-refractivity contribution >= 4 is 5.97 Å². The Hall–Kier alpha value is -1.29. The highest BCUT2D eigenvalue weighted by atomic mass is 16.4. The maximum atomic E-state index is 11.1. The van der Waals surface area contributed by atoms with Gasteiger partial charge in [0.1, 0.15) is 6.04 Å². The third-order valence-electron chi connectivity index (χ3n) is 4.18. The van der Waals surface area contributed by atoms with Gasteiger partial charge in [0, 0.05) is 24.5 Å². The second-order valence-corrected chi connectivity index (χ2v) is 5.46. The van der Waals surface area contributed by atoms with Gasteiger partial charge in [-0.25, -0.2) is 0 Å². The zero-order valence-electron chi connectivity index (χ0n) is 10.6. The molecule has 2 aliphatic rings. The summed E-state index contributed by atoms with van der Waals surface area (Å²) in [4.78, 5) is 11.1. The number of aryl methyl sites for hydroxylation is 2. The zero-order chi connectivity index (χ0) is 12.5. The number of nitrogens with zero attached hydrogens (tertiary/aromatic N) is 1. The normalized spacial score (nSPS) is 27.8. The first kappa shape index (κ1) is 11.8. The summed E-state index contributed by atoms with van der Waals surface area (Å²) in [5.41, 5.74) is 2.69. The van der Waals surface area contributed by atoms with Crippen molar-refractivity contribution in [3.05, 3.63) is 23.5 Å². The van der Waals surface area contributed by atoms with Crippen LogP contribution < -0.4 is 5.32 Å². The molecule has 1 fully saturated rings. The predicted octanol–water partition coefficient (Wildman–Crippen LogP) is 2.09. The molecule has 0 saturated carbocycles. The van der Waals surface area contributed by atoms with Crippen LogP contribution in [0, 0.1) is 0 Å². The van der Waals surface area contributed by atoms with E-state index in [9.17, 15) is 4.79 Å². The molecule has 0 aromatic carbocycles. The van der Waals surface area contributed by atoms with E-state index in [1.807, 2.05) is 0 Å². The van der Waals surface area contributed by atoms with Crippen LogP contribution >= 0.6 is 0 Å². The number of fused-ring (bicyclic) bond motifs is 1. The number of hydrogen-bond acceptors (Lipinski definition) is 2. The van der Waals surface area contributed by atoms with E-state index in [1.165, 1.54) is 24.1 Å². The fourth-order valence-corrected chi connectivity index (χ4v) is 3.17. The van der Waals surface area contributed by atoms with Crippen molar-refractivity contribution in [1.29, 1.82) is 0 Å². The molecule has 0 amide bonds. The molecule has 3 heterocycles. The Morgan fingerprint density at radius 3 is 3.00 bits per heavy atom. The molecular formula is C14H20N2O2. The maximum absolute atomic E-state index is 11.1. The molecular weight excluding hydrogens is 228 g/mol. The lowest BCUT2D eigenvalue weighted by Gasteiger charge is -2.28. The SMILES string of the molecule is O=C(O)C1CCCC(c2cc3n(c2)CCCC3)N1. The molecule has 2 N–H and O–H groups in total. The molecule has 1 aromatic rings. The number of carboxylic acid groups (broad SMARTS) is 1. The highest BCUT2D eigenvalue weighted by molar-refractivity contribution is 5.73. The smallest absolute Gasteiger partial charge is 0.320 e. The van der Waals surface area contributed by atoms with Gasteiger partial charge in [0.25, 0.3) is 0 Å². The molecule has 4 heteroatoms. The van der Waals surface area contributed by atoms with Gasteiger partial charge >= 0.3 is 5.97 Å². The maximum Gasteiger partial charge on any atom is 0.320 e. The number of piperidine rings is 1. The van der Waals surface area contributed by atoms with Crippen LogP contribution in [0.2, 0.25) is 0 Å². The van der Waals surface area contributed by atoms with Gasteiger partial charge in [-0.3, -0.25) is 10.1 Å². The zero-order valence-corrected chi connectivity index (χ0v) is 10.6. The topological polar surface area (TPSA) is 54.3 Å². The van der Waals surface area contributed by atoms with Crippen LogP contribution in [0.4, 0.5) is 0 Å². The van der Waals surface area contributed by atoms with Gasteiger partial charge in [-0.15, -0.1) is 0 Å². The standard InChI is InChI=1S/C14H20N2O2/c17-14(18)13-6-3-5-12(15-13)10-8-11-4-1-2-7-16(11)9-10/h8-9,12-13,15H,1-7H2,(H,17,18). The van der Waals surface area contributed by atoms with Crippen molar-refractivity contribution in [2.75, 3.05) is 0 Å². The number of hydrogen-bond donors (Lipinski definition) is 2. The number of carboxylic acids is 1. The lowest BCUT2D eigenvalue weighted by Crippen LogP contribution is -2.42. The summed E-state index contributed by atoms with van der Waals surface area (Å²) in [5.74, 6) is -0.719. The number of nitrogens with one attached hydrogen (secondary N) is 1. The first-order chi connectivity index (χ1) is 8.74. The summed E-state index contributed by atoms with van der Waals surface area (Å²) in [5, 5.41) is 12.4. The Morgan fingerprint density at radius 2 is 2.22 bits per heavy atom. The Kier molecular flexibility index (Phi) is 3.12. The molecule has 1 saturated heterocycles.